The lowest BCUT2D eigenvalue weighted by atomic mass is 9.98. The first-order chi connectivity index (χ1) is 9.50. The molecule has 2 aromatic carbocycles. The Hall–Kier alpha value is -1.07. The van der Waals surface area contributed by atoms with E-state index in [1.807, 2.05) is 24.3 Å². The first-order valence-electron chi connectivity index (χ1n) is 6.17. The fourth-order valence-electron chi connectivity index (χ4n) is 2.07. The normalized spacial score (nSPS) is 14.2. The van der Waals surface area contributed by atoms with Gasteiger partial charge in [0.1, 0.15) is 6.10 Å². The molecule has 0 heterocycles. The van der Waals surface area contributed by atoms with Gasteiger partial charge in [0.2, 0.25) is 0 Å². The molecule has 2 N–H and O–H groups in total. The number of benzene rings is 2. The lowest BCUT2D eigenvalue weighted by Crippen LogP contribution is -2.21. The van der Waals surface area contributed by atoms with E-state index in [0.29, 0.717) is 10.6 Å². The van der Waals surface area contributed by atoms with E-state index in [4.69, 9.17) is 11.6 Å². The molecule has 0 aliphatic carbocycles. The minimum atomic E-state index is -1.08. The molecule has 0 aromatic heterocycles. The number of aliphatic hydroxyl groups excluding tert-OH is 2. The summed E-state index contributed by atoms with van der Waals surface area (Å²) in [6, 6.07) is 10.9. The average molecular weight is 311 g/mol. The van der Waals surface area contributed by atoms with Crippen LogP contribution in [0.15, 0.2) is 36.4 Å². The lowest BCUT2D eigenvalue weighted by Gasteiger charge is -2.19. The first-order valence-corrected chi connectivity index (χ1v) is 7.53. The van der Waals surface area contributed by atoms with E-state index in [2.05, 4.69) is 0 Å². The summed E-state index contributed by atoms with van der Waals surface area (Å²) in [5.74, 6) is 0.150. The van der Waals surface area contributed by atoms with Crippen molar-refractivity contribution in [1.82, 2.24) is 0 Å². The molecule has 0 bridgehead atoms. The van der Waals surface area contributed by atoms with Gasteiger partial charge < -0.3 is 10.2 Å². The largest absolute Gasteiger partial charge is 0.389 e. The molecule has 2 aromatic rings. The Morgan fingerprint density at radius 3 is 2.55 bits per heavy atom. The third kappa shape index (κ3) is 3.33. The molecule has 0 saturated carbocycles. The maximum Gasteiger partial charge on any atom is 0.185 e. The molecule has 0 amide bonds. The van der Waals surface area contributed by atoms with Crippen LogP contribution in [-0.2, 0) is 4.79 Å². The van der Waals surface area contributed by atoms with Crippen molar-refractivity contribution in [2.24, 2.45) is 0 Å². The van der Waals surface area contributed by atoms with Crippen molar-refractivity contribution in [2.75, 3.05) is 5.75 Å². The van der Waals surface area contributed by atoms with Crippen LogP contribution in [0.5, 0.6) is 0 Å². The van der Waals surface area contributed by atoms with E-state index in [0.717, 1.165) is 22.5 Å². The van der Waals surface area contributed by atoms with Crippen LogP contribution >= 0.6 is 23.4 Å². The smallest absolute Gasteiger partial charge is 0.185 e. The van der Waals surface area contributed by atoms with Gasteiger partial charge in [0.25, 0.3) is 0 Å². The lowest BCUT2D eigenvalue weighted by molar-refractivity contribution is -0.109. The van der Waals surface area contributed by atoms with Crippen molar-refractivity contribution in [3.63, 3.8) is 0 Å². The third-order valence-corrected chi connectivity index (χ3v) is 4.26. The summed E-state index contributed by atoms with van der Waals surface area (Å²) in [5.41, 5.74) is 0.574. The molecule has 106 valence electrons. The van der Waals surface area contributed by atoms with Gasteiger partial charge >= 0.3 is 0 Å². The minimum Gasteiger partial charge on any atom is -0.389 e. The van der Waals surface area contributed by atoms with Crippen molar-refractivity contribution in [2.45, 2.75) is 19.1 Å². The van der Waals surface area contributed by atoms with Crippen LogP contribution in [0.4, 0.5) is 0 Å². The van der Waals surface area contributed by atoms with Gasteiger partial charge in [-0.2, -0.15) is 0 Å². The highest BCUT2D eigenvalue weighted by Gasteiger charge is 2.21. The van der Waals surface area contributed by atoms with E-state index < -0.39 is 12.2 Å². The number of fused-ring (bicyclic) bond motifs is 1. The standard InChI is InChI=1S/C15H15ClO3S/c1-9(17)20-8-13(18)15(19)11-6-2-4-10-5-3-7-12(16)14(10)11/h2-7,13,15,18-19H,8H2,1H3. The Morgan fingerprint density at radius 1 is 1.25 bits per heavy atom. The van der Waals surface area contributed by atoms with Crippen LogP contribution in [0, 0.1) is 0 Å². The van der Waals surface area contributed by atoms with E-state index in [9.17, 15) is 15.0 Å². The van der Waals surface area contributed by atoms with Crippen molar-refractivity contribution < 1.29 is 15.0 Å². The van der Waals surface area contributed by atoms with Gasteiger partial charge in [0.15, 0.2) is 5.12 Å². The number of carbonyl (C=O) groups excluding carboxylic acids is 1. The molecule has 0 aliphatic rings. The molecule has 2 atom stereocenters. The molecular weight excluding hydrogens is 296 g/mol. The fraction of sp³-hybridized carbons (Fsp3) is 0.267. The second-order valence-electron chi connectivity index (χ2n) is 4.50. The van der Waals surface area contributed by atoms with E-state index in [-0.39, 0.29) is 10.9 Å². The zero-order valence-corrected chi connectivity index (χ0v) is 12.5. The van der Waals surface area contributed by atoms with Crippen molar-refractivity contribution in [3.8, 4) is 0 Å². The molecule has 5 heteroatoms. The van der Waals surface area contributed by atoms with Gasteiger partial charge in [-0.1, -0.05) is 53.7 Å². The molecule has 2 rings (SSSR count). The SMILES string of the molecule is CC(=O)SCC(O)C(O)c1cccc2cccc(Cl)c12. The van der Waals surface area contributed by atoms with Crippen LogP contribution in [0.2, 0.25) is 5.02 Å². The van der Waals surface area contributed by atoms with Crippen LogP contribution in [-0.4, -0.2) is 27.2 Å². The van der Waals surface area contributed by atoms with Gasteiger partial charge in [-0.15, -0.1) is 0 Å². The highest BCUT2D eigenvalue weighted by atomic mass is 35.5. The highest BCUT2D eigenvalue weighted by Crippen LogP contribution is 2.32. The van der Waals surface area contributed by atoms with Gasteiger partial charge in [-0.05, 0) is 17.0 Å². The number of hydrogen-bond donors (Lipinski definition) is 2. The summed E-state index contributed by atoms with van der Waals surface area (Å²) >= 11 is 7.18. The van der Waals surface area contributed by atoms with E-state index in [1.165, 1.54) is 6.92 Å². The van der Waals surface area contributed by atoms with Crippen LogP contribution < -0.4 is 0 Å². The van der Waals surface area contributed by atoms with Crippen molar-refractivity contribution >= 4 is 39.3 Å². The Labute approximate surface area is 126 Å². The third-order valence-electron chi connectivity index (χ3n) is 3.03. The Bertz CT molecular complexity index is 624. The maximum absolute atomic E-state index is 10.9. The predicted octanol–water partition coefficient (Wildman–Crippen LogP) is 3.17. The molecular formula is C15H15ClO3S. The van der Waals surface area contributed by atoms with Crippen molar-refractivity contribution in [1.29, 1.82) is 0 Å². The summed E-state index contributed by atoms with van der Waals surface area (Å²) in [6.07, 6.45) is -2.10. The Balaban J connectivity index is 2.34. The second kappa shape index (κ2) is 6.59. The van der Waals surface area contributed by atoms with Crippen LogP contribution in [0.25, 0.3) is 10.8 Å². The molecule has 2 unspecified atom stereocenters. The zero-order valence-electron chi connectivity index (χ0n) is 10.9. The molecule has 0 fully saturated rings. The summed E-state index contributed by atoms with van der Waals surface area (Å²) in [4.78, 5) is 10.9. The Morgan fingerprint density at radius 2 is 1.90 bits per heavy atom. The number of thioether (sulfide) groups is 1. The summed E-state index contributed by atoms with van der Waals surface area (Å²) < 4.78 is 0. The van der Waals surface area contributed by atoms with E-state index >= 15 is 0 Å². The van der Waals surface area contributed by atoms with Gasteiger partial charge in [-0.3, -0.25) is 4.79 Å². The molecule has 20 heavy (non-hydrogen) atoms. The number of halogens is 1. The monoisotopic (exact) mass is 310 g/mol. The summed E-state index contributed by atoms with van der Waals surface area (Å²) in [5, 5.41) is 22.4. The second-order valence-corrected chi connectivity index (χ2v) is 6.10. The molecule has 0 aliphatic heterocycles. The zero-order chi connectivity index (χ0) is 14.7. The van der Waals surface area contributed by atoms with E-state index in [1.54, 1.807) is 12.1 Å². The van der Waals surface area contributed by atoms with Gasteiger partial charge in [0, 0.05) is 23.1 Å². The summed E-state index contributed by atoms with van der Waals surface area (Å²) in [7, 11) is 0. The van der Waals surface area contributed by atoms with Crippen LogP contribution in [0.1, 0.15) is 18.6 Å². The van der Waals surface area contributed by atoms with Crippen LogP contribution in [0.3, 0.4) is 0 Å². The van der Waals surface area contributed by atoms with Gasteiger partial charge in [-0.25, -0.2) is 0 Å². The van der Waals surface area contributed by atoms with Crippen molar-refractivity contribution in [3.05, 3.63) is 47.0 Å². The summed E-state index contributed by atoms with van der Waals surface area (Å²) in [6.45, 7) is 1.43. The van der Waals surface area contributed by atoms with Gasteiger partial charge in [0.05, 0.1) is 6.10 Å². The molecule has 0 radical (unpaired) electrons. The molecule has 0 spiro atoms. The topological polar surface area (TPSA) is 57.5 Å². The number of aliphatic hydroxyl groups is 2. The minimum absolute atomic E-state index is 0.0906. The maximum atomic E-state index is 10.9. The Kier molecular flexibility index (Phi) is 5.05. The number of rotatable bonds is 4. The highest BCUT2D eigenvalue weighted by molar-refractivity contribution is 8.13. The average Bonchev–Trinajstić information content (AvgIpc) is 2.43. The first kappa shape index (κ1) is 15.3. The molecule has 3 nitrogen and oxygen atoms in total. The predicted molar refractivity (Wildman–Crippen MR) is 83.1 cm³/mol. The number of hydrogen-bond acceptors (Lipinski definition) is 4. The quantitative estimate of drug-likeness (QED) is 0.910. The number of carbonyl (C=O) groups is 1. The fourth-order valence-corrected chi connectivity index (χ4v) is 2.95. The molecule has 0 saturated heterocycles.